The van der Waals surface area contributed by atoms with Gasteiger partial charge in [0.25, 0.3) is 0 Å². The van der Waals surface area contributed by atoms with Crippen LogP contribution in [0.25, 0.3) is 0 Å². The van der Waals surface area contributed by atoms with Crippen molar-refractivity contribution in [1.29, 1.82) is 0 Å². The average molecular weight is 278 g/mol. The van der Waals surface area contributed by atoms with Crippen molar-refractivity contribution in [2.24, 2.45) is 0 Å². The molecule has 0 saturated heterocycles. The van der Waals surface area contributed by atoms with Crippen molar-refractivity contribution in [1.82, 2.24) is 0 Å². The minimum atomic E-state index is 1.28. The Labute approximate surface area is 130 Å². The zero-order valence-corrected chi connectivity index (χ0v) is 14.5. The van der Waals surface area contributed by atoms with E-state index in [-0.39, 0.29) is 0 Å². The van der Waals surface area contributed by atoms with E-state index in [2.05, 4.69) is 35.4 Å². The molecule has 0 spiro atoms. The van der Waals surface area contributed by atoms with Gasteiger partial charge in [-0.1, -0.05) is 39.0 Å². The first kappa shape index (κ1) is 19.3. The summed E-state index contributed by atoms with van der Waals surface area (Å²) >= 11 is 2.82. The van der Waals surface area contributed by atoms with Crippen molar-refractivity contribution >= 4 is 16.3 Å². The molecule has 0 aliphatic rings. The van der Waals surface area contributed by atoms with Crippen molar-refractivity contribution < 1.29 is 0 Å². The first-order valence-corrected chi connectivity index (χ1v) is 9.58. The summed E-state index contributed by atoms with van der Waals surface area (Å²) in [6, 6.07) is 0. The maximum absolute atomic E-state index is 2.82. The Kier molecular flexibility index (Phi) is 18.5. The molecule has 0 radical (unpaired) electrons. The second kappa shape index (κ2) is 18.3. The number of hydrogen-bond acceptors (Lipinski definition) is 0. The van der Waals surface area contributed by atoms with Crippen molar-refractivity contribution in [2.45, 2.75) is 102 Å². The van der Waals surface area contributed by atoms with E-state index in [1.54, 1.807) is 0 Å². The van der Waals surface area contributed by atoms with Crippen molar-refractivity contribution in [3.8, 4) is 0 Å². The first-order valence-electron chi connectivity index (χ1n) is 8.77. The number of unbranched alkanes of at least 4 members (excludes halogenated alkanes) is 12. The molecule has 19 heavy (non-hydrogen) atoms. The van der Waals surface area contributed by atoms with Gasteiger partial charge in [-0.3, -0.25) is 0 Å². The van der Waals surface area contributed by atoms with E-state index in [4.69, 9.17) is 0 Å². The van der Waals surface area contributed by atoms with E-state index in [0.29, 0.717) is 0 Å². The van der Waals surface area contributed by atoms with Crippen LogP contribution in [-0.4, -0.2) is 16.3 Å². The van der Waals surface area contributed by atoms with Crippen LogP contribution in [0.3, 0.4) is 0 Å². The molecule has 0 nitrogen and oxygen atoms in total. The van der Waals surface area contributed by atoms with E-state index in [1.807, 2.05) is 0 Å². The van der Waals surface area contributed by atoms with Gasteiger partial charge >= 0.3 is 91.5 Å². The number of allylic oxidation sites excluding steroid dienone is 2. The summed E-state index contributed by atoms with van der Waals surface area (Å²) in [5.74, 6) is 0. The molecule has 0 rings (SSSR count). The first-order chi connectivity index (χ1) is 9.41. The Balaban J connectivity index is 3.01. The molecule has 0 bridgehead atoms. The van der Waals surface area contributed by atoms with Crippen LogP contribution in [0.5, 0.6) is 0 Å². The third kappa shape index (κ3) is 18.3. The molecular formula is C18H35Al+2. The van der Waals surface area contributed by atoms with Crippen LogP contribution in [0.1, 0.15) is 96.8 Å². The third-order valence-corrected chi connectivity index (χ3v) is 4.12. The SMILES string of the molecule is CCCCCCCC/C=C\CCCCCCC[CH2][Al+2]. The molecule has 0 N–H and O–H groups in total. The Morgan fingerprint density at radius 1 is 0.579 bits per heavy atom. The summed E-state index contributed by atoms with van der Waals surface area (Å²) in [6.45, 7) is 2.28. The van der Waals surface area contributed by atoms with Gasteiger partial charge in [0.15, 0.2) is 0 Å². The summed E-state index contributed by atoms with van der Waals surface area (Å²) in [4.78, 5) is 0. The average Bonchev–Trinajstić information content (AvgIpc) is 2.43. The van der Waals surface area contributed by atoms with Gasteiger partial charge in [0.2, 0.25) is 0 Å². The normalized spacial score (nSPS) is 11.5. The van der Waals surface area contributed by atoms with Crippen LogP contribution >= 0.6 is 0 Å². The van der Waals surface area contributed by atoms with Crippen LogP contribution in [0, 0.1) is 0 Å². The van der Waals surface area contributed by atoms with Gasteiger partial charge in [-0.15, -0.1) is 0 Å². The molecule has 0 amide bonds. The van der Waals surface area contributed by atoms with Gasteiger partial charge in [0, 0.05) is 0 Å². The molecule has 0 fully saturated rings. The zero-order chi connectivity index (χ0) is 14.0. The quantitative estimate of drug-likeness (QED) is 0.179. The Bertz CT molecular complexity index is 175. The minimum absolute atomic E-state index is 1.28. The Morgan fingerprint density at radius 3 is 1.47 bits per heavy atom. The topological polar surface area (TPSA) is 0 Å². The van der Waals surface area contributed by atoms with Crippen LogP contribution in [-0.2, 0) is 0 Å². The fourth-order valence-corrected chi connectivity index (χ4v) is 2.68. The van der Waals surface area contributed by atoms with E-state index in [1.165, 1.54) is 95.2 Å². The Morgan fingerprint density at radius 2 is 1.00 bits per heavy atom. The molecule has 108 valence electrons. The van der Waals surface area contributed by atoms with Gasteiger partial charge in [-0.2, -0.15) is 0 Å². The van der Waals surface area contributed by atoms with Gasteiger partial charge in [-0.25, -0.2) is 0 Å². The van der Waals surface area contributed by atoms with Crippen LogP contribution in [0.4, 0.5) is 0 Å². The van der Waals surface area contributed by atoms with E-state index < -0.39 is 0 Å². The molecule has 1 heteroatoms. The van der Waals surface area contributed by atoms with E-state index in [0.717, 1.165) is 0 Å². The second-order valence-electron chi connectivity index (χ2n) is 5.73. The molecule has 0 aromatic heterocycles. The monoisotopic (exact) mass is 278 g/mol. The predicted molar refractivity (Wildman–Crippen MR) is 90.0 cm³/mol. The maximum atomic E-state index is 2.82. The molecule has 0 atom stereocenters. The van der Waals surface area contributed by atoms with Crippen molar-refractivity contribution in [3.63, 3.8) is 0 Å². The fourth-order valence-electron chi connectivity index (χ4n) is 2.39. The van der Waals surface area contributed by atoms with E-state index >= 15 is 0 Å². The second-order valence-corrected chi connectivity index (χ2v) is 6.30. The summed E-state index contributed by atoms with van der Waals surface area (Å²) < 4.78 is 0. The summed E-state index contributed by atoms with van der Waals surface area (Å²) in [6.07, 6.45) is 24.5. The third-order valence-electron chi connectivity index (χ3n) is 3.72. The summed E-state index contributed by atoms with van der Waals surface area (Å²) in [5.41, 5.74) is 0. The molecule has 0 heterocycles. The molecule has 0 aromatic rings. The Hall–Kier alpha value is 0.272. The molecule has 0 saturated carbocycles. The summed E-state index contributed by atoms with van der Waals surface area (Å²) in [7, 11) is 0. The number of hydrogen-bond donors (Lipinski definition) is 0. The van der Waals surface area contributed by atoms with Crippen LogP contribution < -0.4 is 0 Å². The van der Waals surface area contributed by atoms with Crippen molar-refractivity contribution in [2.75, 3.05) is 0 Å². The van der Waals surface area contributed by atoms with Gasteiger partial charge < -0.3 is 0 Å². The van der Waals surface area contributed by atoms with Gasteiger partial charge in [0.05, 0.1) is 0 Å². The van der Waals surface area contributed by atoms with Crippen LogP contribution in [0.2, 0.25) is 5.28 Å². The zero-order valence-electron chi connectivity index (χ0n) is 13.3. The van der Waals surface area contributed by atoms with Gasteiger partial charge in [0.1, 0.15) is 0 Å². The molecule has 0 unspecified atom stereocenters. The van der Waals surface area contributed by atoms with Gasteiger partial charge in [-0.05, 0) is 0 Å². The summed E-state index contributed by atoms with van der Waals surface area (Å²) in [5, 5.41) is 1.28. The van der Waals surface area contributed by atoms with E-state index in [9.17, 15) is 0 Å². The molecule has 0 aliphatic heterocycles. The molecular weight excluding hydrogens is 243 g/mol. The number of rotatable bonds is 15. The standard InChI is InChI=1S/C18H35.Al/c1-3-5-7-9-11-13-15-17-18-16-14-12-10-8-6-4-2;/h17-18H,1,3-16H2,2H3;/q;+2/b18-17-;. The fraction of sp³-hybridized carbons (Fsp3) is 0.889. The van der Waals surface area contributed by atoms with Crippen molar-refractivity contribution in [3.05, 3.63) is 12.2 Å². The molecule has 0 aliphatic carbocycles. The van der Waals surface area contributed by atoms with Crippen LogP contribution in [0.15, 0.2) is 12.2 Å². The molecule has 0 aromatic carbocycles. The predicted octanol–water partition coefficient (Wildman–Crippen LogP) is 6.61.